The van der Waals surface area contributed by atoms with E-state index in [1.807, 2.05) is 19.1 Å². The number of aromatic amines is 1. The van der Waals surface area contributed by atoms with Crippen LogP contribution in [0.2, 0.25) is 5.02 Å². The zero-order valence-corrected chi connectivity index (χ0v) is 10.8. The molecule has 1 aromatic carbocycles. The summed E-state index contributed by atoms with van der Waals surface area (Å²) < 4.78 is 1.31. The fourth-order valence-electron chi connectivity index (χ4n) is 2.10. The van der Waals surface area contributed by atoms with Gasteiger partial charge in [0.1, 0.15) is 5.65 Å². The Morgan fingerprint density at radius 3 is 2.68 bits per heavy atom. The van der Waals surface area contributed by atoms with Crippen molar-refractivity contribution in [2.24, 2.45) is 0 Å². The molecule has 0 saturated carbocycles. The van der Waals surface area contributed by atoms with Crippen molar-refractivity contribution < 1.29 is 5.11 Å². The second-order valence-corrected chi connectivity index (χ2v) is 4.66. The smallest absolute Gasteiger partial charge is 0.254 e. The molecule has 0 aliphatic rings. The largest absolute Gasteiger partial charge is 0.493 e. The summed E-state index contributed by atoms with van der Waals surface area (Å²) in [5, 5.41) is 14.6. The molecule has 0 unspecified atom stereocenters. The number of nitrogens with one attached hydrogen (secondary N) is 1. The summed E-state index contributed by atoms with van der Waals surface area (Å²) in [5.41, 5.74) is 2.44. The lowest BCUT2D eigenvalue weighted by atomic mass is 10.1. The van der Waals surface area contributed by atoms with Crippen molar-refractivity contribution in [2.75, 3.05) is 0 Å². The van der Waals surface area contributed by atoms with E-state index in [1.54, 1.807) is 12.1 Å². The molecular weight excluding hydrogens is 266 g/mol. The maximum absolute atomic E-state index is 11.5. The highest BCUT2D eigenvalue weighted by atomic mass is 35.5. The van der Waals surface area contributed by atoms with Gasteiger partial charge in [0.15, 0.2) is 0 Å². The summed E-state index contributed by atoms with van der Waals surface area (Å²) in [5.74, 6) is -0.193. The lowest BCUT2D eigenvalue weighted by Gasteiger charge is -2.01. The standard InChI is InChI=1S/C13H10ClN3O2/c1-7-12(8-2-4-9(14)5-3-8)13-15-10(18)6-11(19)17(13)16-7/h2-6,19H,1H3,(H,15,18). The predicted molar refractivity (Wildman–Crippen MR) is 72.7 cm³/mol. The van der Waals surface area contributed by atoms with Crippen LogP contribution in [0.5, 0.6) is 5.88 Å². The Kier molecular flexibility index (Phi) is 2.57. The molecule has 0 spiro atoms. The SMILES string of the molecule is Cc1nn2c(O)cc(=O)[nH]c2c1-c1ccc(Cl)cc1. The molecule has 0 bridgehead atoms. The Balaban J connectivity index is 2.37. The Morgan fingerprint density at radius 2 is 2.00 bits per heavy atom. The number of nitrogens with zero attached hydrogens (tertiary/aromatic N) is 2. The molecule has 5 nitrogen and oxygen atoms in total. The summed E-state index contributed by atoms with van der Waals surface area (Å²) in [7, 11) is 0. The second kappa shape index (κ2) is 4.13. The highest BCUT2D eigenvalue weighted by molar-refractivity contribution is 6.30. The Morgan fingerprint density at radius 1 is 1.32 bits per heavy atom. The molecule has 0 fully saturated rings. The van der Waals surface area contributed by atoms with Gasteiger partial charge >= 0.3 is 0 Å². The summed E-state index contributed by atoms with van der Waals surface area (Å²) in [4.78, 5) is 14.2. The molecule has 0 aliphatic heterocycles. The number of halogens is 1. The van der Waals surface area contributed by atoms with E-state index in [4.69, 9.17) is 11.6 Å². The van der Waals surface area contributed by atoms with E-state index in [2.05, 4.69) is 10.1 Å². The minimum absolute atomic E-state index is 0.193. The van der Waals surface area contributed by atoms with Crippen molar-refractivity contribution in [1.82, 2.24) is 14.6 Å². The maximum atomic E-state index is 11.5. The second-order valence-electron chi connectivity index (χ2n) is 4.22. The number of aromatic nitrogens is 3. The third-order valence-electron chi connectivity index (χ3n) is 2.91. The molecule has 0 amide bonds. The number of fused-ring (bicyclic) bond motifs is 1. The van der Waals surface area contributed by atoms with Gasteiger partial charge in [0.2, 0.25) is 5.88 Å². The van der Waals surface area contributed by atoms with Crippen molar-refractivity contribution in [3.8, 4) is 17.0 Å². The van der Waals surface area contributed by atoms with Gasteiger partial charge in [-0.25, -0.2) is 0 Å². The van der Waals surface area contributed by atoms with E-state index in [-0.39, 0.29) is 11.4 Å². The summed E-state index contributed by atoms with van der Waals surface area (Å²) >= 11 is 5.86. The maximum Gasteiger partial charge on any atom is 0.254 e. The topological polar surface area (TPSA) is 70.4 Å². The minimum Gasteiger partial charge on any atom is -0.493 e. The Bertz CT molecular complexity index is 818. The van der Waals surface area contributed by atoms with E-state index < -0.39 is 0 Å². The van der Waals surface area contributed by atoms with Gasteiger partial charge in [0.25, 0.3) is 5.56 Å². The third-order valence-corrected chi connectivity index (χ3v) is 3.16. The molecule has 3 aromatic rings. The van der Waals surface area contributed by atoms with Crippen LogP contribution in [0.4, 0.5) is 0 Å². The first-order valence-electron chi connectivity index (χ1n) is 5.64. The molecule has 2 aromatic heterocycles. The van der Waals surface area contributed by atoms with Crippen LogP contribution < -0.4 is 5.56 Å². The van der Waals surface area contributed by atoms with Gasteiger partial charge < -0.3 is 10.1 Å². The average Bonchev–Trinajstić information content (AvgIpc) is 2.67. The number of benzene rings is 1. The zero-order chi connectivity index (χ0) is 13.6. The van der Waals surface area contributed by atoms with Gasteiger partial charge in [-0.05, 0) is 24.6 Å². The number of aryl methyl sites for hydroxylation is 1. The molecule has 0 atom stereocenters. The summed E-state index contributed by atoms with van der Waals surface area (Å²) in [6, 6.07) is 8.30. The number of hydrogen-bond acceptors (Lipinski definition) is 3. The van der Waals surface area contributed by atoms with Gasteiger partial charge in [-0.2, -0.15) is 9.61 Å². The lowest BCUT2D eigenvalue weighted by Crippen LogP contribution is -2.07. The van der Waals surface area contributed by atoms with Crippen molar-refractivity contribution in [3.05, 3.63) is 51.4 Å². The van der Waals surface area contributed by atoms with Gasteiger partial charge in [0.05, 0.1) is 11.8 Å². The fourth-order valence-corrected chi connectivity index (χ4v) is 2.23. The van der Waals surface area contributed by atoms with Crippen LogP contribution in [-0.4, -0.2) is 19.7 Å². The van der Waals surface area contributed by atoms with Crippen LogP contribution in [0.3, 0.4) is 0 Å². The molecule has 96 valence electrons. The van der Waals surface area contributed by atoms with Crippen molar-refractivity contribution >= 4 is 17.2 Å². The molecular formula is C13H10ClN3O2. The lowest BCUT2D eigenvalue weighted by molar-refractivity contribution is 0.434. The number of aromatic hydroxyl groups is 1. The first kappa shape index (κ1) is 11.8. The van der Waals surface area contributed by atoms with E-state index in [0.717, 1.165) is 17.2 Å². The Labute approximate surface area is 113 Å². The van der Waals surface area contributed by atoms with E-state index in [0.29, 0.717) is 16.4 Å². The van der Waals surface area contributed by atoms with Crippen LogP contribution in [0, 0.1) is 6.92 Å². The summed E-state index contributed by atoms with van der Waals surface area (Å²) in [6.45, 7) is 1.81. The fraction of sp³-hybridized carbons (Fsp3) is 0.0769. The number of rotatable bonds is 1. The normalized spacial score (nSPS) is 11.1. The minimum atomic E-state index is -0.375. The highest BCUT2D eigenvalue weighted by Crippen LogP contribution is 2.28. The molecule has 3 rings (SSSR count). The molecule has 2 heterocycles. The highest BCUT2D eigenvalue weighted by Gasteiger charge is 2.14. The molecule has 0 aliphatic carbocycles. The van der Waals surface area contributed by atoms with Gasteiger partial charge in [-0.1, -0.05) is 23.7 Å². The molecule has 2 N–H and O–H groups in total. The van der Waals surface area contributed by atoms with Gasteiger partial charge in [-0.3, -0.25) is 4.79 Å². The van der Waals surface area contributed by atoms with Gasteiger partial charge in [-0.15, -0.1) is 0 Å². The van der Waals surface area contributed by atoms with Crippen LogP contribution in [0.15, 0.2) is 35.1 Å². The van der Waals surface area contributed by atoms with E-state index in [1.165, 1.54) is 4.52 Å². The summed E-state index contributed by atoms with van der Waals surface area (Å²) in [6.07, 6.45) is 0. The van der Waals surface area contributed by atoms with Gasteiger partial charge in [0, 0.05) is 10.6 Å². The molecule has 0 radical (unpaired) electrons. The molecule has 6 heteroatoms. The number of H-pyrrole nitrogens is 1. The van der Waals surface area contributed by atoms with Crippen molar-refractivity contribution in [3.63, 3.8) is 0 Å². The quantitative estimate of drug-likeness (QED) is 0.716. The Hall–Kier alpha value is -2.27. The van der Waals surface area contributed by atoms with E-state index in [9.17, 15) is 9.90 Å². The first-order valence-corrected chi connectivity index (χ1v) is 6.01. The molecule has 19 heavy (non-hydrogen) atoms. The monoisotopic (exact) mass is 275 g/mol. The van der Waals surface area contributed by atoms with Crippen molar-refractivity contribution in [1.29, 1.82) is 0 Å². The third kappa shape index (κ3) is 1.88. The van der Waals surface area contributed by atoms with Crippen LogP contribution in [-0.2, 0) is 0 Å². The van der Waals surface area contributed by atoms with Crippen molar-refractivity contribution in [2.45, 2.75) is 6.92 Å². The molecule has 0 saturated heterocycles. The van der Waals surface area contributed by atoms with Crippen LogP contribution in [0.25, 0.3) is 16.8 Å². The number of hydrogen-bond donors (Lipinski definition) is 2. The van der Waals surface area contributed by atoms with Crippen LogP contribution in [0.1, 0.15) is 5.69 Å². The predicted octanol–water partition coefficient (Wildman–Crippen LogP) is 2.36. The van der Waals surface area contributed by atoms with Crippen LogP contribution >= 0.6 is 11.6 Å². The zero-order valence-electron chi connectivity index (χ0n) is 10.0. The van der Waals surface area contributed by atoms with E-state index >= 15 is 0 Å². The average molecular weight is 276 g/mol. The first-order chi connectivity index (χ1) is 9.06.